The van der Waals surface area contributed by atoms with Gasteiger partial charge in [0.25, 0.3) is 0 Å². The van der Waals surface area contributed by atoms with Crippen LogP contribution < -0.4 is 0 Å². The van der Waals surface area contributed by atoms with Gasteiger partial charge in [-0.1, -0.05) is 18.1 Å². The molecule has 3 aromatic rings. The maximum absolute atomic E-state index is 5.24. The molecule has 0 saturated heterocycles. The molecule has 92 valence electrons. The van der Waals surface area contributed by atoms with Crippen LogP contribution in [0.2, 0.25) is 0 Å². The maximum Gasteiger partial charge on any atom is 0.138 e. The van der Waals surface area contributed by atoms with E-state index in [1.807, 2.05) is 24.3 Å². The van der Waals surface area contributed by atoms with Crippen molar-refractivity contribution in [1.82, 2.24) is 20.2 Å². The lowest BCUT2D eigenvalue weighted by molar-refractivity contribution is 1.05. The zero-order valence-corrected chi connectivity index (χ0v) is 10.8. The van der Waals surface area contributed by atoms with Crippen molar-refractivity contribution in [3.63, 3.8) is 0 Å². The van der Waals surface area contributed by atoms with E-state index in [2.05, 4.69) is 26.1 Å². The summed E-state index contributed by atoms with van der Waals surface area (Å²) >= 11 is 1.64. The van der Waals surface area contributed by atoms with E-state index in [-0.39, 0.29) is 0 Å². The minimum Gasteiger partial charge on any atom is -0.337 e. The summed E-state index contributed by atoms with van der Waals surface area (Å²) in [5, 5.41) is 7.64. The molecule has 0 spiro atoms. The Hall–Kier alpha value is -2.32. The maximum atomic E-state index is 5.24. The average molecular weight is 266 g/mol. The van der Waals surface area contributed by atoms with Crippen molar-refractivity contribution in [2.75, 3.05) is 5.75 Å². The number of nitrogens with zero attached hydrogens (tertiary/aromatic N) is 3. The lowest BCUT2D eigenvalue weighted by Crippen LogP contribution is -1.81. The highest BCUT2D eigenvalue weighted by Gasteiger charge is 2.05. The number of rotatable bonds is 3. The van der Waals surface area contributed by atoms with Gasteiger partial charge in [-0.3, -0.25) is 0 Å². The first-order valence-corrected chi connectivity index (χ1v) is 6.68. The molecule has 0 aliphatic rings. The number of fused-ring (bicyclic) bond motifs is 1. The molecule has 0 aliphatic carbocycles. The van der Waals surface area contributed by atoms with E-state index in [9.17, 15) is 0 Å². The first-order chi connectivity index (χ1) is 9.36. The molecule has 1 N–H and O–H groups in total. The minimum atomic E-state index is 0.682. The number of imidazole rings is 1. The van der Waals surface area contributed by atoms with Gasteiger partial charge in [0.2, 0.25) is 0 Å². The number of benzene rings is 1. The van der Waals surface area contributed by atoms with Gasteiger partial charge in [-0.2, -0.15) is 10.2 Å². The van der Waals surface area contributed by atoms with Crippen molar-refractivity contribution in [1.29, 1.82) is 0 Å². The lowest BCUT2D eigenvalue weighted by Gasteiger charge is -1.99. The third-order valence-electron chi connectivity index (χ3n) is 2.64. The molecule has 0 atom stereocenters. The Bertz CT molecular complexity index is 707. The smallest absolute Gasteiger partial charge is 0.138 e. The van der Waals surface area contributed by atoms with E-state index >= 15 is 0 Å². The molecule has 5 heteroatoms. The molecule has 2 heterocycles. The molecule has 19 heavy (non-hydrogen) atoms. The molecule has 0 saturated carbocycles. The Morgan fingerprint density at radius 3 is 2.68 bits per heavy atom. The topological polar surface area (TPSA) is 54.5 Å². The Morgan fingerprint density at radius 1 is 1.16 bits per heavy atom. The first-order valence-electron chi connectivity index (χ1n) is 5.70. The molecular weight excluding hydrogens is 256 g/mol. The zero-order valence-electron chi connectivity index (χ0n) is 10.00. The lowest BCUT2D eigenvalue weighted by atomic mass is 10.2. The summed E-state index contributed by atoms with van der Waals surface area (Å²) in [5.74, 6) is 4.11. The highest BCUT2D eigenvalue weighted by molar-refractivity contribution is 7.99. The number of aromatic amines is 1. The summed E-state index contributed by atoms with van der Waals surface area (Å²) < 4.78 is 0. The van der Waals surface area contributed by atoms with Gasteiger partial charge in [0, 0.05) is 10.5 Å². The summed E-state index contributed by atoms with van der Waals surface area (Å²) in [4.78, 5) is 8.85. The fourth-order valence-corrected chi connectivity index (χ4v) is 2.33. The standard InChI is InChI=1S/C14H10N4S/c1-2-7-19-11-5-3-10(4-6-11)14-17-12-8-15-16-9-13(12)18-14/h1,3-6,8-9H,7H2,(H,17,18). The fraction of sp³-hybridized carbons (Fsp3) is 0.0714. The average Bonchev–Trinajstić information content (AvgIpc) is 2.89. The van der Waals surface area contributed by atoms with Crippen LogP contribution in [0.3, 0.4) is 0 Å². The fourth-order valence-electron chi connectivity index (χ4n) is 1.75. The van der Waals surface area contributed by atoms with Crippen LogP contribution in [-0.4, -0.2) is 25.9 Å². The van der Waals surface area contributed by atoms with E-state index < -0.39 is 0 Å². The van der Waals surface area contributed by atoms with Crippen molar-refractivity contribution in [3.8, 4) is 23.7 Å². The monoisotopic (exact) mass is 266 g/mol. The van der Waals surface area contributed by atoms with Crippen molar-refractivity contribution in [3.05, 3.63) is 36.7 Å². The van der Waals surface area contributed by atoms with Gasteiger partial charge in [-0.25, -0.2) is 4.98 Å². The normalized spacial score (nSPS) is 10.5. The van der Waals surface area contributed by atoms with Crippen molar-refractivity contribution in [2.45, 2.75) is 4.90 Å². The van der Waals surface area contributed by atoms with Gasteiger partial charge in [0.05, 0.1) is 23.7 Å². The molecule has 0 amide bonds. The van der Waals surface area contributed by atoms with E-state index in [1.165, 1.54) is 0 Å². The van der Waals surface area contributed by atoms with Crippen LogP contribution >= 0.6 is 11.8 Å². The van der Waals surface area contributed by atoms with Gasteiger partial charge in [-0.15, -0.1) is 18.2 Å². The number of terminal acetylenes is 1. The second kappa shape index (κ2) is 5.12. The predicted octanol–water partition coefficient (Wildman–Crippen LogP) is 2.75. The van der Waals surface area contributed by atoms with E-state index in [4.69, 9.17) is 6.42 Å². The van der Waals surface area contributed by atoms with Crippen molar-refractivity contribution in [2.24, 2.45) is 0 Å². The molecule has 0 unspecified atom stereocenters. The Balaban J connectivity index is 1.91. The quantitative estimate of drug-likeness (QED) is 0.585. The summed E-state index contributed by atoms with van der Waals surface area (Å²) in [6, 6.07) is 8.14. The van der Waals surface area contributed by atoms with Crippen molar-refractivity contribution < 1.29 is 0 Å². The molecule has 0 bridgehead atoms. The van der Waals surface area contributed by atoms with Gasteiger partial charge in [-0.05, 0) is 12.1 Å². The summed E-state index contributed by atoms with van der Waals surface area (Å²) in [6.07, 6.45) is 8.56. The van der Waals surface area contributed by atoms with Crippen LogP contribution in [0.5, 0.6) is 0 Å². The van der Waals surface area contributed by atoms with Gasteiger partial charge in [0.1, 0.15) is 11.3 Å². The minimum absolute atomic E-state index is 0.682. The van der Waals surface area contributed by atoms with E-state index in [1.54, 1.807) is 24.2 Å². The Labute approximate surface area is 114 Å². The number of hydrogen-bond donors (Lipinski definition) is 1. The van der Waals surface area contributed by atoms with E-state index in [0.717, 1.165) is 27.3 Å². The molecule has 1 aromatic carbocycles. The highest BCUT2D eigenvalue weighted by atomic mass is 32.2. The second-order valence-electron chi connectivity index (χ2n) is 3.89. The van der Waals surface area contributed by atoms with Crippen LogP contribution in [0.15, 0.2) is 41.6 Å². The van der Waals surface area contributed by atoms with Crippen LogP contribution in [0.25, 0.3) is 22.4 Å². The summed E-state index contributed by atoms with van der Waals surface area (Å²) in [6.45, 7) is 0. The first kappa shape index (κ1) is 11.8. The van der Waals surface area contributed by atoms with Crippen molar-refractivity contribution >= 4 is 22.8 Å². The number of hydrogen-bond acceptors (Lipinski definition) is 4. The van der Waals surface area contributed by atoms with Gasteiger partial charge in [0.15, 0.2) is 0 Å². The molecule has 0 fully saturated rings. The Kier molecular flexibility index (Phi) is 3.17. The highest BCUT2D eigenvalue weighted by Crippen LogP contribution is 2.23. The number of H-pyrrole nitrogens is 1. The second-order valence-corrected chi connectivity index (χ2v) is 4.94. The summed E-state index contributed by atoms with van der Waals surface area (Å²) in [5.41, 5.74) is 2.73. The molecule has 4 nitrogen and oxygen atoms in total. The molecule has 0 radical (unpaired) electrons. The predicted molar refractivity (Wildman–Crippen MR) is 76.7 cm³/mol. The SMILES string of the molecule is C#CCSc1ccc(-c2nc3cnncc3[nH]2)cc1. The molecule has 3 rings (SSSR count). The molecular formula is C14H10N4S. The zero-order chi connectivity index (χ0) is 13.1. The molecule has 2 aromatic heterocycles. The molecule has 0 aliphatic heterocycles. The Morgan fingerprint density at radius 2 is 1.95 bits per heavy atom. The van der Waals surface area contributed by atoms with Gasteiger partial charge < -0.3 is 4.98 Å². The number of aromatic nitrogens is 4. The van der Waals surface area contributed by atoms with Crippen LogP contribution in [0.4, 0.5) is 0 Å². The number of nitrogens with one attached hydrogen (secondary N) is 1. The van der Waals surface area contributed by atoms with Gasteiger partial charge >= 0.3 is 0 Å². The van der Waals surface area contributed by atoms with Crippen LogP contribution in [0.1, 0.15) is 0 Å². The van der Waals surface area contributed by atoms with E-state index in [0.29, 0.717) is 5.75 Å². The summed E-state index contributed by atoms with van der Waals surface area (Å²) in [7, 11) is 0. The van der Waals surface area contributed by atoms with Crippen LogP contribution in [0, 0.1) is 12.3 Å². The third-order valence-corrected chi connectivity index (χ3v) is 3.56. The largest absolute Gasteiger partial charge is 0.337 e. The third kappa shape index (κ3) is 2.44. The number of thioether (sulfide) groups is 1. The van der Waals surface area contributed by atoms with Crippen LogP contribution in [-0.2, 0) is 0 Å².